The summed E-state index contributed by atoms with van der Waals surface area (Å²) >= 11 is 0. The van der Waals surface area contributed by atoms with Crippen molar-refractivity contribution in [3.63, 3.8) is 0 Å². The largest absolute Gasteiger partial charge is 0.369 e. The number of carbonyl (C=O) groups excluding carboxylic acids is 1. The first-order valence-corrected chi connectivity index (χ1v) is 11.2. The molecule has 0 atom stereocenters. The Labute approximate surface area is 167 Å². The molecule has 0 aliphatic carbocycles. The van der Waals surface area contributed by atoms with Gasteiger partial charge in [0.1, 0.15) is 0 Å². The molecule has 1 amide bonds. The Hall–Kier alpha value is -2.38. The average Bonchev–Trinajstić information content (AvgIpc) is 2.72. The van der Waals surface area contributed by atoms with Crippen molar-refractivity contribution in [2.45, 2.75) is 13.3 Å². The third kappa shape index (κ3) is 5.33. The molecule has 0 aromatic heterocycles. The number of carbonyl (C=O) groups is 1. The Balaban J connectivity index is 1.43. The normalized spacial score (nSPS) is 15.4. The van der Waals surface area contributed by atoms with Crippen LogP contribution in [0.5, 0.6) is 0 Å². The summed E-state index contributed by atoms with van der Waals surface area (Å²) in [6.07, 6.45) is 0.402. The number of aryl methyl sites for hydroxylation is 1. The summed E-state index contributed by atoms with van der Waals surface area (Å²) in [5.74, 6) is -0.128. The van der Waals surface area contributed by atoms with Crippen molar-refractivity contribution in [2.75, 3.05) is 43.4 Å². The fourth-order valence-corrected chi connectivity index (χ4v) is 4.81. The van der Waals surface area contributed by atoms with Crippen molar-refractivity contribution in [3.8, 4) is 0 Å². The number of hydrogen-bond donors (Lipinski definition) is 1. The van der Waals surface area contributed by atoms with Gasteiger partial charge in [-0.2, -0.15) is 4.31 Å². The molecule has 1 N–H and O–H groups in total. The summed E-state index contributed by atoms with van der Waals surface area (Å²) in [5, 5.41) is 2.78. The number of hydrogen-bond acceptors (Lipinski definition) is 4. The minimum atomic E-state index is -3.30. The van der Waals surface area contributed by atoms with E-state index in [4.69, 9.17) is 0 Å². The van der Waals surface area contributed by atoms with Crippen LogP contribution in [0.1, 0.15) is 22.3 Å². The van der Waals surface area contributed by atoms with Crippen molar-refractivity contribution in [1.29, 1.82) is 0 Å². The summed E-state index contributed by atoms with van der Waals surface area (Å²) in [6, 6.07) is 17.2. The second-order valence-corrected chi connectivity index (χ2v) is 9.11. The summed E-state index contributed by atoms with van der Waals surface area (Å²) in [4.78, 5) is 14.2. The van der Waals surface area contributed by atoms with E-state index in [0.717, 1.165) is 5.69 Å². The number of nitrogens with zero attached hydrogens (tertiary/aromatic N) is 2. The number of nitrogens with one attached hydrogen (secondary N) is 1. The molecule has 0 radical (unpaired) electrons. The maximum absolute atomic E-state index is 12.6. The molecule has 1 aliphatic heterocycles. The first-order chi connectivity index (χ1) is 13.5. The average molecular weight is 402 g/mol. The van der Waals surface area contributed by atoms with E-state index in [1.807, 2.05) is 12.1 Å². The van der Waals surface area contributed by atoms with Crippen LogP contribution >= 0.6 is 0 Å². The maximum atomic E-state index is 12.6. The topological polar surface area (TPSA) is 69.7 Å². The third-order valence-corrected chi connectivity index (χ3v) is 6.86. The number of sulfonamides is 1. The van der Waals surface area contributed by atoms with Crippen LogP contribution in [0.25, 0.3) is 0 Å². The molecule has 1 heterocycles. The van der Waals surface area contributed by atoms with E-state index in [1.165, 1.54) is 5.56 Å². The molecule has 3 rings (SSSR count). The van der Waals surface area contributed by atoms with Crippen LogP contribution in [0.2, 0.25) is 0 Å². The molecular weight excluding hydrogens is 374 g/mol. The molecule has 2 aromatic carbocycles. The lowest BCUT2D eigenvalue weighted by atomic mass is 10.2. The van der Waals surface area contributed by atoms with Crippen molar-refractivity contribution in [2.24, 2.45) is 0 Å². The van der Waals surface area contributed by atoms with Gasteiger partial charge >= 0.3 is 0 Å². The van der Waals surface area contributed by atoms with Gasteiger partial charge in [0.15, 0.2) is 0 Å². The van der Waals surface area contributed by atoms with Crippen LogP contribution in [-0.2, 0) is 10.0 Å². The van der Waals surface area contributed by atoms with E-state index in [-0.39, 0.29) is 11.7 Å². The van der Waals surface area contributed by atoms with E-state index in [1.54, 1.807) is 28.6 Å². The zero-order valence-corrected chi connectivity index (χ0v) is 17.0. The molecule has 1 saturated heterocycles. The van der Waals surface area contributed by atoms with Gasteiger partial charge < -0.3 is 10.2 Å². The highest BCUT2D eigenvalue weighted by Gasteiger charge is 2.26. The van der Waals surface area contributed by atoms with Gasteiger partial charge in [-0.3, -0.25) is 4.79 Å². The van der Waals surface area contributed by atoms with Gasteiger partial charge in [-0.05, 0) is 43.2 Å². The van der Waals surface area contributed by atoms with Crippen LogP contribution in [0.4, 0.5) is 5.69 Å². The molecule has 1 fully saturated rings. The highest BCUT2D eigenvalue weighted by molar-refractivity contribution is 7.89. The molecule has 2 aromatic rings. The second-order valence-electron chi connectivity index (χ2n) is 7.02. The van der Waals surface area contributed by atoms with Crippen molar-refractivity contribution in [1.82, 2.24) is 9.62 Å². The predicted octanol–water partition coefficient (Wildman–Crippen LogP) is 2.27. The highest BCUT2D eigenvalue weighted by atomic mass is 32.2. The number of amides is 1. The molecule has 1 aliphatic rings. The Morgan fingerprint density at radius 2 is 1.71 bits per heavy atom. The van der Waals surface area contributed by atoms with Gasteiger partial charge in [-0.1, -0.05) is 30.3 Å². The Morgan fingerprint density at radius 1 is 1.00 bits per heavy atom. The smallest absolute Gasteiger partial charge is 0.251 e. The lowest BCUT2D eigenvalue weighted by Crippen LogP contribution is -2.49. The molecule has 0 unspecified atom stereocenters. The maximum Gasteiger partial charge on any atom is 0.251 e. The number of rotatable bonds is 7. The Kier molecular flexibility index (Phi) is 6.70. The second kappa shape index (κ2) is 9.21. The summed E-state index contributed by atoms with van der Waals surface area (Å²) in [5.41, 5.74) is 2.92. The van der Waals surface area contributed by atoms with Crippen molar-refractivity contribution >= 4 is 21.6 Å². The summed E-state index contributed by atoms with van der Waals surface area (Å²) in [6.45, 7) is 4.76. The number of piperazine rings is 1. The molecule has 0 bridgehead atoms. The molecule has 0 spiro atoms. The molecule has 28 heavy (non-hydrogen) atoms. The predicted molar refractivity (Wildman–Crippen MR) is 112 cm³/mol. The van der Waals surface area contributed by atoms with Crippen LogP contribution in [0.3, 0.4) is 0 Å². The summed E-state index contributed by atoms with van der Waals surface area (Å²) in [7, 11) is -3.30. The quantitative estimate of drug-likeness (QED) is 0.723. The zero-order valence-electron chi connectivity index (χ0n) is 16.2. The van der Waals surface area contributed by atoms with Crippen molar-refractivity contribution in [3.05, 3.63) is 65.7 Å². The van der Waals surface area contributed by atoms with E-state index >= 15 is 0 Å². The fourth-order valence-electron chi connectivity index (χ4n) is 3.33. The van der Waals surface area contributed by atoms with Gasteiger partial charge in [0.25, 0.3) is 5.91 Å². The minimum Gasteiger partial charge on any atom is -0.369 e. The molecule has 0 saturated carbocycles. The van der Waals surface area contributed by atoms with Crippen LogP contribution in [0.15, 0.2) is 54.6 Å². The standard InChI is InChI=1S/C21H27N3O3S/c1-18-7-5-10-20(17-18)23-12-14-24(15-13-23)28(26,27)16-6-11-22-21(25)19-8-3-2-4-9-19/h2-5,7-10,17H,6,11-16H2,1H3,(H,22,25). The lowest BCUT2D eigenvalue weighted by Gasteiger charge is -2.35. The fraction of sp³-hybridized carbons (Fsp3) is 0.381. The third-order valence-electron chi connectivity index (χ3n) is 4.90. The van der Waals surface area contributed by atoms with Crippen LogP contribution in [0, 0.1) is 6.92 Å². The first kappa shape index (κ1) is 20.4. The van der Waals surface area contributed by atoms with E-state index < -0.39 is 10.0 Å². The van der Waals surface area contributed by atoms with Crippen molar-refractivity contribution < 1.29 is 13.2 Å². The van der Waals surface area contributed by atoms with Gasteiger partial charge in [-0.25, -0.2) is 8.42 Å². The van der Waals surface area contributed by atoms with E-state index in [9.17, 15) is 13.2 Å². The van der Waals surface area contributed by atoms with Crippen LogP contribution in [-0.4, -0.2) is 57.1 Å². The monoisotopic (exact) mass is 401 g/mol. The van der Waals surface area contributed by atoms with Gasteiger partial charge in [0.2, 0.25) is 10.0 Å². The van der Waals surface area contributed by atoms with E-state index in [0.29, 0.717) is 44.7 Å². The Morgan fingerprint density at radius 3 is 2.39 bits per heavy atom. The summed E-state index contributed by atoms with van der Waals surface area (Å²) < 4.78 is 26.8. The molecular formula is C21H27N3O3S. The van der Waals surface area contributed by atoms with Gasteiger partial charge in [0.05, 0.1) is 5.75 Å². The van der Waals surface area contributed by atoms with Gasteiger partial charge in [0, 0.05) is 44.0 Å². The number of anilines is 1. The Bertz CT molecular complexity index is 892. The molecule has 150 valence electrons. The van der Waals surface area contributed by atoms with E-state index in [2.05, 4.69) is 35.3 Å². The van der Waals surface area contributed by atoms with Crippen LogP contribution < -0.4 is 10.2 Å². The minimum absolute atomic E-state index is 0.0481. The zero-order chi connectivity index (χ0) is 20.0. The lowest BCUT2D eigenvalue weighted by molar-refractivity contribution is 0.0953. The molecule has 7 heteroatoms. The highest BCUT2D eigenvalue weighted by Crippen LogP contribution is 2.19. The number of benzene rings is 2. The SMILES string of the molecule is Cc1cccc(N2CCN(S(=O)(=O)CCCNC(=O)c3ccccc3)CC2)c1. The first-order valence-electron chi connectivity index (χ1n) is 9.58. The molecule has 6 nitrogen and oxygen atoms in total. The van der Waals surface area contributed by atoms with Gasteiger partial charge in [-0.15, -0.1) is 0 Å².